The zero-order valence-electron chi connectivity index (χ0n) is 12.4. The zero-order valence-corrected chi connectivity index (χ0v) is 13.2. The van der Waals surface area contributed by atoms with Crippen LogP contribution in [0.2, 0.25) is 5.02 Å². The second kappa shape index (κ2) is 6.33. The van der Waals surface area contributed by atoms with Crippen molar-refractivity contribution in [2.75, 3.05) is 10.2 Å². The van der Waals surface area contributed by atoms with Crippen molar-refractivity contribution in [1.82, 2.24) is 0 Å². The van der Waals surface area contributed by atoms with Gasteiger partial charge in [-0.25, -0.2) is 9.69 Å². The van der Waals surface area contributed by atoms with Crippen molar-refractivity contribution in [3.05, 3.63) is 59.1 Å². The summed E-state index contributed by atoms with van der Waals surface area (Å²) in [6, 6.07) is 11.9. The molecule has 0 aromatic heterocycles. The van der Waals surface area contributed by atoms with Gasteiger partial charge in [0, 0.05) is 0 Å². The molecule has 1 heterocycles. The molecule has 3 rings (SSSR count). The molecule has 0 saturated carbocycles. The number of benzene rings is 2. The smallest absolute Gasteiger partial charge is 0.335 e. The van der Waals surface area contributed by atoms with Crippen LogP contribution in [0.15, 0.2) is 48.5 Å². The summed E-state index contributed by atoms with van der Waals surface area (Å²) in [6.45, 7) is 0. The highest BCUT2D eigenvalue weighted by Crippen LogP contribution is 2.28. The average Bonchev–Trinajstić information content (AvgIpc) is 2.83. The highest BCUT2D eigenvalue weighted by atomic mass is 35.5. The fraction of sp³-hybridized carbons (Fsp3) is 0.118. The molecule has 1 fully saturated rings. The first-order valence-corrected chi connectivity index (χ1v) is 7.56. The monoisotopic (exact) mass is 344 g/mol. The van der Waals surface area contributed by atoms with Crippen LogP contribution in [0.5, 0.6) is 0 Å². The number of rotatable bonds is 4. The van der Waals surface area contributed by atoms with Gasteiger partial charge < -0.3 is 10.4 Å². The summed E-state index contributed by atoms with van der Waals surface area (Å²) in [7, 11) is 0. The molecule has 7 heteroatoms. The first-order chi connectivity index (χ1) is 11.5. The minimum absolute atomic E-state index is 0.00983. The van der Waals surface area contributed by atoms with Crippen LogP contribution in [-0.2, 0) is 9.59 Å². The SMILES string of the molecule is O=C(O)c1cccc(N2C(=O)CC(Nc3ccccc3Cl)C2=O)c1. The lowest BCUT2D eigenvalue weighted by Gasteiger charge is -2.17. The van der Waals surface area contributed by atoms with E-state index < -0.39 is 23.8 Å². The lowest BCUT2D eigenvalue weighted by atomic mass is 10.2. The second-order valence-electron chi connectivity index (χ2n) is 5.30. The Bertz CT molecular complexity index is 837. The van der Waals surface area contributed by atoms with E-state index in [0.29, 0.717) is 10.7 Å². The highest BCUT2D eigenvalue weighted by molar-refractivity contribution is 6.33. The summed E-state index contributed by atoms with van der Waals surface area (Å²) < 4.78 is 0. The first kappa shape index (κ1) is 16.0. The van der Waals surface area contributed by atoms with E-state index in [1.807, 2.05) is 0 Å². The van der Waals surface area contributed by atoms with Crippen LogP contribution in [0.4, 0.5) is 11.4 Å². The predicted octanol–water partition coefficient (Wildman–Crippen LogP) is 2.78. The molecule has 2 aromatic carbocycles. The van der Waals surface area contributed by atoms with Crippen molar-refractivity contribution in [2.45, 2.75) is 12.5 Å². The molecule has 0 spiro atoms. The van der Waals surface area contributed by atoms with E-state index in [0.717, 1.165) is 4.90 Å². The Balaban J connectivity index is 1.86. The number of carbonyl (C=O) groups excluding carboxylic acids is 2. The molecule has 0 aliphatic carbocycles. The predicted molar refractivity (Wildman–Crippen MR) is 89.4 cm³/mol. The van der Waals surface area contributed by atoms with E-state index in [2.05, 4.69) is 5.32 Å². The molecule has 2 N–H and O–H groups in total. The normalized spacial score (nSPS) is 17.2. The van der Waals surface area contributed by atoms with Crippen molar-refractivity contribution in [3.8, 4) is 0 Å². The molecule has 6 nitrogen and oxygen atoms in total. The summed E-state index contributed by atoms with van der Waals surface area (Å²) in [5, 5.41) is 12.5. The van der Waals surface area contributed by atoms with Crippen molar-refractivity contribution >= 4 is 40.8 Å². The van der Waals surface area contributed by atoms with Crippen molar-refractivity contribution < 1.29 is 19.5 Å². The van der Waals surface area contributed by atoms with Crippen molar-refractivity contribution in [2.24, 2.45) is 0 Å². The molecule has 1 unspecified atom stereocenters. The van der Waals surface area contributed by atoms with Crippen LogP contribution >= 0.6 is 11.6 Å². The van der Waals surface area contributed by atoms with E-state index >= 15 is 0 Å². The third-order valence-corrected chi connectivity index (χ3v) is 4.03. The second-order valence-corrected chi connectivity index (χ2v) is 5.71. The Kier molecular flexibility index (Phi) is 4.22. The number of aromatic carboxylic acids is 1. The Labute approximate surface area is 142 Å². The van der Waals surface area contributed by atoms with Crippen LogP contribution in [0.25, 0.3) is 0 Å². The fourth-order valence-electron chi connectivity index (χ4n) is 2.56. The number of halogens is 1. The number of imide groups is 1. The zero-order chi connectivity index (χ0) is 17.3. The number of carboxylic acids is 1. The molecule has 1 atom stereocenters. The largest absolute Gasteiger partial charge is 0.478 e. The summed E-state index contributed by atoms with van der Waals surface area (Å²) in [4.78, 5) is 36.9. The average molecular weight is 345 g/mol. The molecule has 2 amide bonds. The van der Waals surface area contributed by atoms with Crippen molar-refractivity contribution in [3.63, 3.8) is 0 Å². The molecule has 1 saturated heterocycles. The lowest BCUT2D eigenvalue weighted by molar-refractivity contribution is -0.121. The maximum absolute atomic E-state index is 12.6. The number of para-hydroxylation sites is 1. The molecule has 122 valence electrons. The lowest BCUT2D eigenvalue weighted by Crippen LogP contribution is -2.35. The van der Waals surface area contributed by atoms with Gasteiger partial charge in [-0.2, -0.15) is 0 Å². The van der Waals surface area contributed by atoms with Gasteiger partial charge in [-0.05, 0) is 30.3 Å². The van der Waals surface area contributed by atoms with E-state index in [1.165, 1.54) is 24.3 Å². The maximum Gasteiger partial charge on any atom is 0.335 e. The minimum Gasteiger partial charge on any atom is -0.478 e. The summed E-state index contributed by atoms with van der Waals surface area (Å²) in [5.74, 6) is -1.96. The van der Waals surface area contributed by atoms with Gasteiger partial charge in [0.1, 0.15) is 6.04 Å². The Morgan fingerprint density at radius 1 is 1.17 bits per heavy atom. The van der Waals surface area contributed by atoms with Gasteiger partial charge in [0.05, 0.1) is 28.4 Å². The van der Waals surface area contributed by atoms with Gasteiger partial charge >= 0.3 is 5.97 Å². The third-order valence-electron chi connectivity index (χ3n) is 3.70. The number of carbonyl (C=O) groups is 3. The molecular weight excluding hydrogens is 332 g/mol. The molecule has 0 radical (unpaired) electrons. The van der Waals surface area contributed by atoms with Gasteiger partial charge in [0.25, 0.3) is 5.91 Å². The van der Waals surface area contributed by atoms with Crippen LogP contribution < -0.4 is 10.2 Å². The Hall–Kier alpha value is -2.86. The molecule has 1 aliphatic rings. The van der Waals surface area contributed by atoms with Gasteiger partial charge in [-0.1, -0.05) is 29.8 Å². The summed E-state index contributed by atoms with van der Waals surface area (Å²) >= 11 is 6.06. The van der Waals surface area contributed by atoms with Gasteiger partial charge in [0.15, 0.2) is 0 Å². The molecule has 2 aromatic rings. The fourth-order valence-corrected chi connectivity index (χ4v) is 2.75. The van der Waals surface area contributed by atoms with E-state index in [1.54, 1.807) is 24.3 Å². The highest BCUT2D eigenvalue weighted by Gasteiger charge is 2.39. The number of anilines is 2. The van der Waals surface area contributed by atoms with Crippen molar-refractivity contribution in [1.29, 1.82) is 0 Å². The van der Waals surface area contributed by atoms with Gasteiger partial charge in [-0.15, -0.1) is 0 Å². The molecule has 1 aliphatic heterocycles. The summed E-state index contributed by atoms with van der Waals surface area (Å²) in [5.41, 5.74) is 0.815. The van der Waals surface area contributed by atoms with E-state index in [-0.39, 0.29) is 17.7 Å². The third kappa shape index (κ3) is 2.96. The van der Waals surface area contributed by atoms with Gasteiger partial charge in [-0.3, -0.25) is 9.59 Å². The Morgan fingerprint density at radius 2 is 1.92 bits per heavy atom. The number of nitrogens with one attached hydrogen (secondary N) is 1. The number of amides is 2. The maximum atomic E-state index is 12.6. The van der Waals surface area contributed by atoms with Crippen LogP contribution in [-0.4, -0.2) is 28.9 Å². The molecule has 0 bridgehead atoms. The summed E-state index contributed by atoms with van der Waals surface area (Å²) in [6.07, 6.45) is -0.0264. The Morgan fingerprint density at radius 3 is 2.62 bits per heavy atom. The topological polar surface area (TPSA) is 86.7 Å². The van der Waals surface area contributed by atoms with Crippen LogP contribution in [0.3, 0.4) is 0 Å². The van der Waals surface area contributed by atoms with Crippen LogP contribution in [0.1, 0.15) is 16.8 Å². The number of nitrogens with zero attached hydrogens (tertiary/aromatic N) is 1. The number of hydrogen-bond donors (Lipinski definition) is 2. The minimum atomic E-state index is -1.12. The van der Waals surface area contributed by atoms with E-state index in [4.69, 9.17) is 16.7 Å². The number of hydrogen-bond acceptors (Lipinski definition) is 4. The standard InChI is InChI=1S/C17H13ClN2O4/c18-12-6-1-2-7-13(12)19-14-9-15(21)20(16(14)22)11-5-3-4-10(8-11)17(23)24/h1-8,14,19H,9H2,(H,23,24). The quantitative estimate of drug-likeness (QED) is 0.833. The molecule has 24 heavy (non-hydrogen) atoms. The molecular formula is C17H13ClN2O4. The van der Waals surface area contributed by atoms with Crippen LogP contribution in [0, 0.1) is 0 Å². The first-order valence-electron chi connectivity index (χ1n) is 7.18. The van der Waals surface area contributed by atoms with E-state index in [9.17, 15) is 14.4 Å². The van der Waals surface area contributed by atoms with Gasteiger partial charge in [0.2, 0.25) is 5.91 Å². The number of carboxylic acid groups (broad SMARTS) is 1.